The van der Waals surface area contributed by atoms with Crippen molar-refractivity contribution in [3.63, 3.8) is 0 Å². The highest BCUT2D eigenvalue weighted by atomic mass is 16.7. The van der Waals surface area contributed by atoms with Crippen molar-refractivity contribution < 1.29 is 54.4 Å². The summed E-state index contributed by atoms with van der Waals surface area (Å²) in [6, 6.07) is 0. The highest BCUT2D eigenvalue weighted by molar-refractivity contribution is 5.76. The Balaban J connectivity index is 1.06. The number of hydrogen-bond donors (Lipinski definition) is 6. The van der Waals surface area contributed by atoms with E-state index in [1.54, 1.807) is 13.8 Å². The van der Waals surface area contributed by atoms with Gasteiger partial charge in [-0.3, -0.25) is 4.79 Å². The summed E-state index contributed by atoms with van der Waals surface area (Å²) in [6.45, 7) is 17.4. The Kier molecular flexibility index (Phi) is 10.2. The molecule has 7 unspecified atom stereocenters. The third-order valence-electron chi connectivity index (χ3n) is 16.7. The molecule has 2 saturated heterocycles. The second-order valence-electron chi connectivity index (χ2n) is 19.5. The molecular formula is C41H66O11. The molecule has 20 atom stereocenters. The number of rotatable bonds is 5. The quantitative estimate of drug-likeness (QED) is 0.175. The van der Waals surface area contributed by atoms with Gasteiger partial charge in [-0.2, -0.15) is 0 Å². The number of aliphatic hydroxyl groups excluding tert-OH is 5. The fraction of sp³-hybridized carbons (Fsp3) is 0.927. The van der Waals surface area contributed by atoms with Crippen molar-refractivity contribution >= 4 is 5.97 Å². The van der Waals surface area contributed by atoms with Crippen LogP contribution in [0.4, 0.5) is 0 Å². The fourth-order valence-electron chi connectivity index (χ4n) is 13.5. The van der Waals surface area contributed by atoms with Crippen LogP contribution in [0.25, 0.3) is 0 Å². The first-order chi connectivity index (χ1) is 24.3. The minimum Gasteiger partial charge on any atom is -0.481 e. The lowest BCUT2D eigenvalue weighted by atomic mass is 9.37. The van der Waals surface area contributed by atoms with Crippen LogP contribution in [0.5, 0.6) is 0 Å². The van der Waals surface area contributed by atoms with Gasteiger partial charge in [-0.1, -0.05) is 53.2 Å². The maximum absolute atomic E-state index is 13.0. The Morgan fingerprint density at radius 1 is 0.712 bits per heavy atom. The molecule has 11 nitrogen and oxygen atoms in total. The molecule has 0 aromatic carbocycles. The summed E-state index contributed by atoms with van der Waals surface area (Å²) in [5.74, 6) is 1.63. The lowest BCUT2D eigenvalue weighted by Gasteiger charge is -2.68. The number of aliphatic hydroxyl groups is 5. The van der Waals surface area contributed by atoms with Gasteiger partial charge in [0.2, 0.25) is 0 Å². The molecule has 0 radical (unpaired) electrons. The van der Waals surface area contributed by atoms with E-state index in [4.69, 9.17) is 18.9 Å². The minimum atomic E-state index is -1.55. The van der Waals surface area contributed by atoms with E-state index in [0.29, 0.717) is 29.6 Å². The Labute approximate surface area is 309 Å². The van der Waals surface area contributed by atoms with Gasteiger partial charge in [0.25, 0.3) is 0 Å². The van der Waals surface area contributed by atoms with Gasteiger partial charge >= 0.3 is 5.97 Å². The molecule has 11 heteroatoms. The van der Waals surface area contributed by atoms with Gasteiger partial charge in [-0.05, 0) is 123 Å². The van der Waals surface area contributed by atoms with E-state index in [0.717, 1.165) is 57.8 Å². The van der Waals surface area contributed by atoms with E-state index in [2.05, 4.69) is 47.6 Å². The summed E-state index contributed by atoms with van der Waals surface area (Å²) in [6.07, 6.45) is -1.56. The second kappa shape index (κ2) is 13.5. The number of carbonyl (C=O) groups is 1. The van der Waals surface area contributed by atoms with Crippen LogP contribution in [0.1, 0.15) is 113 Å². The molecule has 2 heterocycles. The van der Waals surface area contributed by atoms with Crippen molar-refractivity contribution in [1.82, 2.24) is 0 Å². The monoisotopic (exact) mass is 734 g/mol. The van der Waals surface area contributed by atoms with E-state index < -0.39 is 72.8 Å². The molecule has 4 saturated carbocycles. The van der Waals surface area contributed by atoms with Crippen molar-refractivity contribution in [2.24, 2.45) is 57.2 Å². The molecule has 2 aliphatic heterocycles. The highest BCUT2D eigenvalue weighted by Gasteiger charge is 2.66. The Hall–Kier alpha value is -1.15. The van der Waals surface area contributed by atoms with Gasteiger partial charge in [0.15, 0.2) is 12.6 Å². The third-order valence-corrected chi connectivity index (χ3v) is 16.7. The van der Waals surface area contributed by atoms with E-state index in [-0.39, 0.29) is 28.3 Å². The Morgan fingerprint density at radius 2 is 1.33 bits per heavy atom. The minimum absolute atomic E-state index is 0.0546. The molecule has 5 aliphatic carbocycles. The van der Waals surface area contributed by atoms with Gasteiger partial charge in [0.1, 0.15) is 36.6 Å². The second-order valence-corrected chi connectivity index (χ2v) is 19.5. The Bertz CT molecular complexity index is 1390. The standard InChI is InChI=1S/C41H66O11/c1-19-11-17-41(37(47)48)18-12-24-23(28(41)20(19)2)9-10-26-39(24,7)15-13-25-38(5,6)27(14-16-40(25,26)8)51-35-33(46)31(44)34(22(4)50-35)52-36-32(45)30(43)29(42)21(3)49-36/h9,19-22,24-36,42-46H,10-18H2,1-8H3,(H,47,48)/t19-,20+,21-,22-,24-,25?,26?,27?,28?,29-,30+,31-,32-,33-,34-,35?,36?,39+,40+,41?/m1/s1. The predicted octanol–water partition coefficient (Wildman–Crippen LogP) is 4.40. The van der Waals surface area contributed by atoms with Crippen molar-refractivity contribution in [2.45, 2.75) is 181 Å². The number of allylic oxidation sites excluding steroid dienone is 2. The van der Waals surface area contributed by atoms with Crippen molar-refractivity contribution in [3.8, 4) is 0 Å². The number of carboxylic acid groups (broad SMARTS) is 1. The molecule has 0 amide bonds. The zero-order valence-corrected chi connectivity index (χ0v) is 32.5. The van der Waals surface area contributed by atoms with E-state index in [1.807, 2.05) is 0 Å². The van der Waals surface area contributed by atoms with Crippen LogP contribution in [-0.2, 0) is 23.7 Å². The molecule has 7 rings (SSSR count). The Morgan fingerprint density at radius 3 is 2.02 bits per heavy atom. The van der Waals surface area contributed by atoms with E-state index >= 15 is 0 Å². The van der Waals surface area contributed by atoms with Crippen LogP contribution >= 0.6 is 0 Å². The SMILES string of the molecule is C[C@@H]1CCC2(C(=O)O)CC[C@@H]3C(=CCC4[C@@]5(C)CCC(OC6O[C@H](C)[C@@H](OC7O[C@H](C)[C@@H](O)[C@H](O)[C@H]7O)[C@H](O)[C@H]6O)C(C)(C)C5CC[C@]43C)C2[C@H]1C. The number of hydrogen-bond acceptors (Lipinski definition) is 10. The molecule has 0 spiro atoms. The lowest BCUT2D eigenvalue weighted by molar-refractivity contribution is -0.362. The average molecular weight is 735 g/mol. The number of fused-ring (bicyclic) bond motifs is 7. The van der Waals surface area contributed by atoms with Gasteiger partial charge in [-0.25, -0.2) is 0 Å². The molecule has 0 aromatic rings. The molecule has 52 heavy (non-hydrogen) atoms. The summed E-state index contributed by atoms with van der Waals surface area (Å²) in [7, 11) is 0. The van der Waals surface area contributed by atoms with Crippen molar-refractivity contribution in [2.75, 3.05) is 0 Å². The number of carboxylic acids is 1. The fourth-order valence-corrected chi connectivity index (χ4v) is 13.5. The predicted molar refractivity (Wildman–Crippen MR) is 190 cm³/mol. The van der Waals surface area contributed by atoms with Crippen LogP contribution in [0.15, 0.2) is 11.6 Å². The van der Waals surface area contributed by atoms with Crippen LogP contribution in [0.3, 0.4) is 0 Å². The molecule has 296 valence electrons. The molecule has 0 bridgehead atoms. The zero-order valence-electron chi connectivity index (χ0n) is 32.5. The van der Waals surface area contributed by atoms with Crippen LogP contribution in [0, 0.1) is 57.2 Å². The van der Waals surface area contributed by atoms with Crippen molar-refractivity contribution in [3.05, 3.63) is 11.6 Å². The zero-order chi connectivity index (χ0) is 37.9. The first-order valence-electron chi connectivity index (χ1n) is 20.2. The summed E-state index contributed by atoms with van der Waals surface area (Å²) in [5.41, 5.74) is 0.723. The maximum atomic E-state index is 13.0. The molecule has 7 aliphatic rings. The molecule has 6 fully saturated rings. The highest BCUT2D eigenvalue weighted by Crippen LogP contribution is 2.72. The van der Waals surface area contributed by atoms with Crippen LogP contribution < -0.4 is 0 Å². The normalized spacial score (nSPS) is 55.9. The van der Waals surface area contributed by atoms with E-state index in [9.17, 15) is 35.4 Å². The maximum Gasteiger partial charge on any atom is 0.310 e. The van der Waals surface area contributed by atoms with Gasteiger partial charge in [0.05, 0.1) is 23.7 Å². The first kappa shape index (κ1) is 39.1. The lowest BCUT2D eigenvalue weighted by Crippen LogP contribution is -2.65. The largest absolute Gasteiger partial charge is 0.481 e. The number of ether oxygens (including phenoxy) is 4. The van der Waals surface area contributed by atoms with Gasteiger partial charge in [-0.15, -0.1) is 0 Å². The average Bonchev–Trinajstić information content (AvgIpc) is 3.08. The van der Waals surface area contributed by atoms with Crippen LogP contribution in [0.2, 0.25) is 0 Å². The van der Waals surface area contributed by atoms with Crippen molar-refractivity contribution in [1.29, 1.82) is 0 Å². The summed E-state index contributed by atoms with van der Waals surface area (Å²) < 4.78 is 24.3. The summed E-state index contributed by atoms with van der Waals surface area (Å²) >= 11 is 0. The van der Waals surface area contributed by atoms with Gasteiger partial charge < -0.3 is 49.6 Å². The topological polar surface area (TPSA) is 175 Å². The first-order valence-corrected chi connectivity index (χ1v) is 20.2. The smallest absolute Gasteiger partial charge is 0.310 e. The van der Waals surface area contributed by atoms with Crippen LogP contribution in [-0.4, -0.2) is 104 Å². The molecule has 0 aromatic heterocycles. The summed E-state index contributed by atoms with van der Waals surface area (Å²) in [4.78, 5) is 13.0. The molecule has 6 N–H and O–H groups in total. The van der Waals surface area contributed by atoms with Gasteiger partial charge in [0, 0.05) is 0 Å². The van der Waals surface area contributed by atoms with E-state index in [1.165, 1.54) is 5.57 Å². The third kappa shape index (κ3) is 5.72. The molecular weight excluding hydrogens is 668 g/mol. The number of aliphatic carboxylic acids is 1. The summed E-state index contributed by atoms with van der Waals surface area (Å²) in [5, 5.41) is 64.0.